The van der Waals surface area contributed by atoms with Crippen molar-refractivity contribution < 1.29 is 18.3 Å². The minimum atomic E-state index is -3.84. The summed E-state index contributed by atoms with van der Waals surface area (Å²) in [7, 11) is -2.31. The predicted molar refractivity (Wildman–Crippen MR) is 67.0 cm³/mol. The smallest absolute Gasteiger partial charge is 0.322 e. The van der Waals surface area contributed by atoms with Gasteiger partial charge in [0.15, 0.2) is 5.03 Å². The average Bonchev–Trinajstić information content (AvgIpc) is 2.75. The fourth-order valence-corrected chi connectivity index (χ4v) is 4.47. The number of hydrogen-bond donors (Lipinski definition) is 1. The monoisotopic (exact) mass is 287 g/mol. The summed E-state index contributed by atoms with van der Waals surface area (Å²) in [4.78, 5) is 11.3. The Morgan fingerprint density at radius 2 is 2.16 bits per heavy atom. The maximum atomic E-state index is 12.6. The first-order valence-corrected chi connectivity index (χ1v) is 7.54. The highest BCUT2D eigenvalue weighted by atomic mass is 32.2. The third kappa shape index (κ3) is 2.37. The number of piperidine rings is 1. The van der Waals surface area contributed by atoms with Crippen LogP contribution in [-0.2, 0) is 21.9 Å². The van der Waals surface area contributed by atoms with E-state index >= 15 is 0 Å². The van der Waals surface area contributed by atoms with E-state index in [1.54, 1.807) is 6.92 Å². The van der Waals surface area contributed by atoms with Crippen LogP contribution >= 0.6 is 0 Å². The van der Waals surface area contributed by atoms with Crippen molar-refractivity contribution in [3.63, 3.8) is 0 Å². The quantitative estimate of drug-likeness (QED) is 0.870. The Hall–Kier alpha value is -1.41. The zero-order valence-corrected chi connectivity index (χ0v) is 11.7. The van der Waals surface area contributed by atoms with Gasteiger partial charge in [0, 0.05) is 13.1 Å². The summed E-state index contributed by atoms with van der Waals surface area (Å²) in [6, 6.07) is 0.0636. The van der Waals surface area contributed by atoms with Gasteiger partial charge in [0.1, 0.15) is 6.04 Å². The van der Waals surface area contributed by atoms with Crippen molar-refractivity contribution in [2.24, 2.45) is 7.05 Å². The lowest BCUT2D eigenvalue weighted by atomic mass is 10.00. The number of aliphatic carboxylic acids is 1. The van der Waals surface area contributed by atoms with E-state index in [1.807, 2.05) is 0 Å². The number of carboxylic acid groups (broad SMARTS) is 1. The second kappa shape index (κ2) is 4.93. The zero-order chi connectivity index (χ0) is 14.2. The molecule has 2 rings (SSSR count). The fraction of sp³-hybridized carbons (Fsp3) is 0.636. The topological polar surface area (TPSA) is 92.5 Å². The highest BCUT2D eigenvalue weighted by molar-refractivity contribution is 7.89. The Morgan fingerprint density at radius 1 is 1.47 bits per heavy atom. The highest BCUT2D eigenvalue weighted by Crippen LogP contribution is 2.29. The molecule has 8 heteroatoms. The molecule has 1 fully saturated rings. The largest absolute Gasteiger partial charge is 0.480 e. The van der Waals surface area contributed by atoms with Gasteiger partial charge in [-0.15, -0.1) is 0 Å². The number of hydrogen-bond acceptors (Lipinski definition) is 4. The summed E-state index contributed by atoms with van der Waals surface area (Å²) < 4.78 is 27.5. The molecule has 19 heavy (non-hydrogen) atoms. The lowest BCUT2D eigenvalue weighted by molar-refractivity contribution is -0.143. The predicted octanol–water partition coefficient (Wildman–Crippen LogP) is 0.436. The summed E-state index contributed by atoms with van der Waals surface area (Å²) in [6.45, 7) is 1.74. The SMILES string of the molecule is C[C@@H]1CCC[C@H](C(=O)O)N1S(=O)(=O)c1ccnn1C. The number of aromatic nitrogens is 2. The molecule has 0 aromatic carbocycles. The Balaban J connectivity index is 2.47. The molecule has 2 heterocycles. The number of carboxylic acids is 1. The van der Waals surface area contributed by atoms with Gasteiger partial charge in [-0.3, -0.25) is 9.48 Å². The van der Waals surface area contributed by atoms with Gasteiger partial charge in [-0.25, -0.2) is 8.42 Å². The Kier molecular flexibility index (Phi) is 3.64. The summed E-state index contributed by atoms with van der Waals surface area (Å²) in [5.74, 6) is -1.10. The van der Waals surface area contributed by atoms with Gasteiger partial charge >= 0.3 is 5.97 Å². The van der Waals surface area contributed by atoms with Gasteiger partial charge in [-0.1, -0.05) is 0 Å². The molecular formula is C11H17N3O4S. The van der Waals surface area contributed by atoms with Gasteiger partial charge in [0.05, 0.1) is 6.20 Å². The molecule has 1 aliphatic rings. The van der Waals surface area contributed by atoms with E-state index in [0.717, 1.165) is 10.7 Å². The number of aryl methyl sites for hydroxylation is 1. The van der Waals surface area contributed by atoms with Crippen LogP contribution in [0.4, 0.5) is 0 Å². The molecule has 7 nitrogen and oxygen atoms in total. The minimum Gasteiger partial charge on any atom is -0.480 e. The summed E-state index contributed by atoms with van der Waals surface area (Å²) >= 11 is 0. The van der Waals surface area contributed by atoms with Crippen molar-refractivity contribution >= 4 is 16.0 Å². The molecule has 0 unspecified atom stereocenters. The van der Waals surface area contributed by atoms with Crippen molar-refractivity contribution in [1.29, 1.82) is 0 Å². The van der Waals surface area contributed by atoms with E-state index in [0.29, 0.717) is 12.8 Å². The third-order valence-electron chi connectivity index (χ3n) is 3.44. The summed E-state index contributed by atoms with van der Waals surface area (Å²) in [6.07, 6.45) is 3.12. The average molecular weight is 287 g/mol. The lowest BCUT2D eigenvalue weighted by Gasteiger charge is -2.36. The van der Waals surface area contributed by atoms with Crippen LogP contribution in [0, 0.1) is 0 Å². The van der Waals surface area contributed by atoms with Crippen LogP contribution in [0.15, 0.2) is 17.3 Å². The second-order valence-electron chi connectivity index (χ2n) is 4.76. The van der Waals surface area contributed by atoms with Crippen LogP contribution < -0.4 is 0 Å². The maximum Gasteiger partial charge on any atom is 0.322 e. The number of rotatable bonds is 3. The van der Waals surface area contributed by atoms with Crippen LogP contribution in [0.1, 0.15) is 26.2 Å². The van der Waals surface area contributed by atoms with E-state index in [9.17, 15) is 18.3 Å². The van der Waals surface area contributed by atoms with Gasteiger partial charge in [0.25, 0.3) is 10.0 Å². The molecule has 1 aromatic heterocycles. The van der Waals surface area contributed by atoms with Crippen LogP contribution in [-0.4, -0.2) is 45.7 Å². The molecule has 0 amide bonds. The van der Waals surface area contributed by atoms with E-state index < -0.39 is 22.0 Å². The minimum absolute atomic E-state index is 0.0208. The normalized spacial score (nSPS) is 25.4. The first kappa shape index (κ1) is 14.0. The Bertz CT molecular complexity index is 581. The van der Waals surface area contributed by atoms with Crippen LogP contribution in [0.2, 0.25) is 0 Å². The summed E-state index contributed by atoms with van der Waals surface area (Å²) in [5.41, 5.74) is 0. The van der Waals surface area contributed by atoms with E-state index in [-0.39, 0.29) is 11.1 Å². The van der Waals surface area contributed by atoms with Crippen molar-refractivity contribution in [2.75, 3.05) is 0 Å². The number of sulfonamides is 1. The molecule has 0 saturated carbocycles. The van der Waals surface area contributed by atoms with Crippen molar-refractivity contribution in [3.05, 3.63) is 12.3 Å². The lowest BCUT2D eigenvalue weighted by Crippen LogP contribution is -2.52. The molecule has 1 N–H and O–H groups in total. The van der Waals surface area contributed by atoms with E-state index in [2.05, 4.69) is 5.10 Å². The molecule has 1 saturated heterocycles. The number of nitrogens with zero attached hydrogens (tertiary/aromatic N) is 3. The highest BCUT2D eigenvalue weighted by Gasteiger charge is 2.42. The molecular weight excluding hydrogens is 270 g/mol. The van der Waals surface area contributed by atoms with Gasteiger partial charge in [-0.05, 0) is 32.3 Å². The van der Waals surface area contributed by atoms with Crippen molar-refractivity contribution in [3.8, 4) is 0 Å². The number of carbonyl (C=O) groups is 1. The third-order valence-corrected chi connectivity index (χ3v) is 5.54. The molecule has 0 spiro atoms. The molecule has 1 aromatic rings. The van der Waals surface area contributed by atoms with Gasteiger partial charge in [0.2, 0.25) is 0 Å². The van der Waals surface area contributed by atoms with E-state index in [1.165, 1.54) is 24.0 Å². The molecule has 106 valence electrons. The molecule has 0 radical (unpaired) electrons. The molecule has 2 atom stereocenters. The fourth-order valence-electron chi connectivity index (χ4n) is 2.53. The van der Waals surface area contributed by atoms with E-state index in [4.69, 9.17) is 0 Å². The molecule has 0 aliphatic carbocycles. The second-order valence-corrected chi connectivity index (χ2v) is 6.55. The van der Waals surface area contributed by atoms with Crippen molar-refractivity contribution in [1.82, 2.24) is 14.1 Å². The summed E-state index contributed by atoms with van der Waals surface area (Å²) in [5, 5.41) is 13.1. The first-order chi connectivity index (χ1) is 8.85. The van der Waals surface area contributed by atoms with Gasteiger partial charge in [-0.2, -0.15) is 9.40 Å². The van der Waals surface area contributed by atoms with Gasteiger partial charge < -0.3 is 5.11 Å². The van der Waals surface area contributed by atoms with Crippen LogP contribution in [0.5, 0.6) is 0 Å². The molecule has 1 aliphatic heterocycles. The van der Waals surface area contributed by atoms with Crippen LogP contribution in [0.3, 0.4) is 0 Å². The van der Waals surface area contributed by atoms with Crippen molar-refractivity contribution in [2.45, 2.75) is 43.3 Å². The zero-order valence-electron chi connectivity index (χ0n) is 10.9. The molecule has 0 bridgehead atoms. The Labute approximate surface area is 111 Å². The standard InChI is InChI=1S/C11H17N3O4S/c1-8-4-3-5-9(11(15)16)14(8)19(17,18)10-6-7-12-13(10)2/h6-9H,3-5H2,1-2H3,(H,15,16)/t8-,9-/m1/s1. The van der Waals surface area contributed by atoms with Crippen LogP contribution in [0.25, 0.3) is 0 Å². The maximum absolute atomic E-state index is 12.6. The Morgan fingerprint density at radius 3 is 2.68 bits per heavy atom. The first-order valence-electron chi connectivity index (χ1n) is 6.10.